The molecule has 2 heterocycles. The highest BCUT2D eigenvalue weighted by Crippen LogP contribution is 2.32. The minimum absolute atomic E-state index is 0.225. The van der Waals surface area contributed by atoms with E-state index in [1.165, 1.54) is 12.3 Å². The van der Waals surface area contributed by atoms with Gasteiger partial charge in [0.2, 0.25) is 0 Å². The van der Waals surface area contributed by atoms with Crippen LogP contribution in [0.4, 0.5) is 18.9 Å². The van der Waals surface area contributed by atoms with E-state index in [4.69, 9.17) is 0 Å². The van der Waals surface area contributed by atoms with Gasteiger partial charge in [0.1, 0.15) is 5.56 Å². The van der Waals surface area contributed by atoms with E-state index in [1.807, 2.05) is 30.3 Å². The van der Waals surface area contributed by atoms with E-state index >= 15 is 0 Å². The van der Waals surface area contributed by atoms with Crippen molar-refractivity contribution >= 4 is 29.0 Å². The van der Waals surface area contributed by atoms with Crippen LogP contribution in [0.5, 0.6) is 0 Å². The largest absolute Gasteiger partial charge is 0.398 e. The van der Waals surface area contributed by atoms with Gasteiger partial charge in [-0.25, -0.2) is 9.50 Å². The van der Waals surface area contributed by atoms with Crippen LogP contribution in [0.3, 0.4) is 0 Å². The first-order valence-corrected chi connectivity index (χ1v) is 9.89. The molecule has 0 bridgehead atoms. The molecule has 0 aliphatic rings. The van der Waals surface area contributed by atoms with Gasteiger partial charge >= 0.3 is 6.18 Å². The van der Waals surface area contributed by atoms with Gasteiger partial charge in [-0.05, 0) is 18.2 Å². The summed E-state index contributed by atoms with van der Waals surface area (Å²) in [6, 6.07) is 17.7. The molecule has 2 aromatic heterocycles. The standard InChI is InChI=1S/C21H15F3N4OS/c22-21(23,24)13-30-18-9-5-4-8-16(18)27-20(29)15-12-26-28-17(10-11-25-19(15)28)14-6-2-1-3-7-14/h1-12H,13H2,(H,27,29). The van der Waals surface area contributed by atoms with Gasteiger partial charge in [-0.2, -0.15) is 18.3 Å². The lowest BCUT2D eigenvalue weighted by Gasteiger charge is -2.11. The Morgan fingerprint density at radius 1 is 1.03 bits per heavy atom. The molecule has 2 aromatic carbocycles. The van der Waals surface area contributed by atoms with Crippen molar-refractivity contribution < 1.29 is 18.0 Å². The van der Waals surface area contributed by atoms with Crippen LogP contribution in [-0.2, 0) is 0 Å². The Labute approximate surface area is 173 Å². The molecule has 152 valence electrons. The molecule has 0 fully saturated rings. The maximum Gasteiger partial charge on any atom is 0.398 e. The SMILES string of the molecule is O=C(Nc1ccccc1SCC(F)(F)F)c1cnn2c(-c3ccccc3)ccnc12. The molecule has 4 rings (SSSR count). The summed E-state index contributed by atoms with van der Waals surface area (Å²) in [6.07, 6.45) is -1.32. The molecule has 0 spiro atoms. The van der Waals surface area contributed by atoms with Crippen LogP contribution in [0.2, 0.25) is 0 Å². The molecule has 0 radical (unpaired) electrons. The van der Waals surface area contributed by atoms with Gasteiger partial charge in [-0.15, -0.1) is 11.8 Å². The number of fused-ring (bicyclic) bond motifs is 1. The number of carbonyl (C=O) groups excluding carboxylic acids is 1. The van der Waals surface area contributed by atoms with E-state index in [9.17, 15) is 18.0 Å². The zero-order valence-corrected chi connectivity index (χ0v) is 16.2. The highest BCUT2D eigenvalue weighted by molar-refractivity contribution is 7.99. The summed E-state index contributed by atoms with van der Waals surface area (Å²) in [5.74, 6) is -1.54. The average Bonchev–Trinajstić information content (AvgIpc) is 3.17. The highest BCUT2D eigenvalue weighted by Gasteiger charge is 2.28. The number of thioether (sulfide) groups is 1. The molecule has 0 unspecified atom stereocenters. The number of alkyl halides is 3. The number of nitrogens with zero attached hydrogens (tertiary/aromatic N) is 3. The lowest BCUT2D eigenvalue weighted by Crippen LogP contribution is -2.14. The van der Waals surface area contributed by atoms with Gasteiger partial charge in [0.15, 0.2) is 5.65 Å². The monoisotopic (exact) mass is 428 g/mol. The Bertz CT molecular complexity index is 1190. The summed E-state index contributed by atoms with van der Waals surface area (Å²) < 4.78 is 39.3. The fraction of sp³-hybridized carbons (Fsp3) is 0.0952. The summed E-state index contributed by atoms with van der Waals surface area (Å²) >= 11 is 0.620. The number of hydrogen-bond donors (Lipinski definition) is 1. The van der Waals surface area contributed by atoms with E-state index in [-0.39, 0.29) is 5.56 Å². The number of halogens is 3. The molecular weight excluding hydrogens is 413 g/mol. The first-order valence-electron chi connectivity index (χ1n) is 8.90. The Kier molecular flexibility index (Phi) is 5.45. The molecule has 30 heavy (non-hydrogen) atoms. The van der Waals surface area contributed by atoms with E-state index < -0.39 is 17.8 Å². The molecule has 0 saturated heterocycles. The van der Waals surface area contributed by atoms with Crippen molar-refractivity contribution in [2.75, 3.05) is 11.1 Å². The highest BCUT2D eigenvalue weighted by atomic mass is 32.2. The molecule has 1 N–H and O–H groups in total. The van der Waals surface area contributed by atoms with Crippen LogP contribution in [0.1, 0.15) is 10.4 Å². The third-order valence-electron chi connectivity index (χ3n) is 4.24. The topological polar surface area (TPSA) is 59.3 Å². The number of nitrogens with one attached hydrogen (secondary N) is 1. The second-order valence-corrected chi connectivity index (χ2v) is 7.36. The van der Waals surface area contributed by atoms with Crippen molar-refractivity contribution in [3.05, 3.63) is 78.6 Å². The van der Waals surface area contributed by atoms with Crippen LogP contribution < -0.4 is 5.32 Å². The molecule has 9 heteroatoms. The number of anilines is 1. The number of rotatable bonds is 5. The maximum absolute atomic E-state index is 12.9. The van der Waals surface area contributed by atoms with Gasteiger partial charge < -0.3 is 5.32 Å². The lowest BCUT2D eigenvalue weighted by atomic mass is 10.1. The summed E-state index contributed by atoms with van der Waals surface area (Å²) in [5.41, 5.74) is 2.56. The average molecular weight is 428 g/mol. The molecule has 1 amide bonds. The summed E-state index contributed by atoms with van der Waals surface area (Å²) in [7, 11) is 0. The Morgan fingerprint density at radius 2 is 1.77 bits per heavy atom. The Morgan fingerprint density at radius 3 is 2.53 bits per heavy atom. The van der Waals surface area contributed by atoms with Crippen LogP contribution in [-0.4, -0.2) is 32.4 Å². The molecule has 0 aliphatic heterocycles. The molecule has 0 atom stereocenters. The van der Waals surface area contributed by atoms with Crippen LogP contribution in [0.15, 0.2) is 78.0 Å². The minimum atomic E-state index is -4.30. The summed E-state index contributed by atoms with van der Waals surface area (Å²) in [4.78, 5) is 17.5. The van der Waals surface area contributed by atoms with Crippen LogP contribution >= 0.6 is 11.8 Å². The first-order chi connectivity index (χ1) is 14.4. The Balaban J connectivity index is 1.63. The number of benzene rings is 2. The maximum atomic E-state index is 12.9. The molecule has 5 nitrogen and oxygen atoms in total. The predicted octanol–water partition coefficient (Wildman–Crippen LogP) is 5.30. The zero-order valence-electron chi connectivity index (χ0n) is 15.4. The third kappa shape index (κ3) is 4.30. The van der Waals surface area contributed by atoms with E-state index in [0.29, 0.717) is 28.0 Å². The van der Waals surface area contributed by atoms with Crippen LogP contribution in [0.25, 0.3) is 16.9 Å². The fourth-order valence-corrected chi connectivity index (χ4v) is 3.69. The fourth-order valence-electron chi connectivity index (χ4n) is 2.92. The van der Waals surface area contributed by atoms with E-state index in [2.05, 4.69) is 15.4 Å². The number of hydrogen-bond acceptors (Lipinski definition) is 4. The molecule has 0 saturated carbocycles. The summed E-state index contributed by atoms with van der Waals surface area (Å²) in [6.45, 7) is 0. The van der Waals surface area contributed by atoms with Crippen molar-refractivity contribution in [3.8, 4) is 11.3 Å². The van der Waals surface area contributed by atoms with E-state index in [0.717, 1.165) is 11.3 Å². The zero-order chi connectivity index (χ0) is 21.1. The minimum Gasteiger partial charge on any atom is -0.321 e. The summed E-state index contributed by atoms with van der Waals surface area (Å²) in [5, 5.41) is 6.97. The lowest BCUT2D eigenvalue weighted by molar-refractivity contribution is -0.105. The predicted molar refractivity (Wildman–Crippen MR) is 110 cm³/mol. The van der Waals surface area contributed by atoms with E-state index in [1.54, 1.807) is 35.0 Å². The van der Waals surface area contributed by atoms with Gasteiger partial charge in [0, 0.05) is 16.7 Å². The number of para-hydroxylation sites is 1. The van der Waals surface area contributed by atoms with Crippen molar-refractivity contribution in [1.82, 2.24) is 14.6 Å². The van der Waals surface area contributed by atoms with Crippen molar-refractivity contribution in [1.29, 1.82) is 0 Å². The number of carbonyl (C=O) groups is 1. The quantitative estimate of drug-likeness (QED) is 0.438. The molecule has 0 aliphatic carbocycles. The van der Waals surface area contributed by atoms with Gasteiger partial charge in [0.05, 0.1) is 23.3 Å². The normalized spacial score (nSPS) is 11.6. The second-order valence-electron chi connectivity index (χ2n) is 6.34. The van der Waals surface area contributed by atoms with Crippen molar-refractivity contribution in [2.24, 2.45) is 0 Å². The number of amides is 1. The molecular formula is C21H15F3N4OS. The van der Waals surface area contributed by atoms with Gasteiger partial charge in [-0.3, -0.25) is 4.79 Å². The second kappa shape index (κ2) is 8.19. The van der Waals surface area contributed by atoms with Crippen molar-refractivity contribution in [3.63, 3.8) is 0 Å². The smallest absolute Gasteiger partial charge is 0.321 e. The third-order valence-corrected chi connectivity index (χ3v) is 5.38. The first kappa shape index (κ1) is 20.0. The number of aromatic nitrogens is 3. The van der Waals surface area contributed by atoms with Gasteiger partial charge in [-0.1, -0.05) is 42.5 Å². The van der Waals surface area contributed by atoms with Gasteiger partial charge in [0.25, 0.3) is 5.91 Å². The molecule has 4 aromatic rings. The van der Waals surface area contributed by atoms with Crippen LogP contribution in [0, 0.1) is 0 Å². The Hall–Kier alpha value is -3.33. The van der Waals surface area contributed by atoms with Crippen molar-refractivity contribution in [2.45, 2.75) is 11.1 Å².